The summed E-state index contributed by atoms with van der Waals surface area (Å²) in [5.74, 6) is -1.06. The summed E-state index contributed by atoms with van der Waals surface area (Å²) in [7, 11) is 0. The summed E-state index contributed by atoms with van der Waals surface area (Å²) in [5, 5.41) is 8.99. The Labute approximate surface area is 139 Å². The predicted octanol–water partition coefficient (Wildman–Crippen LogP) is 1.13. The van der Waals surface area contributed by atoms with Gasteiger partial charge in [-0.05, 0) is 30.7 Å². The van der Waals surface area contributed by atoms with Crippen molar-refractivity contribution < 1.29 is 24.2 Å². The highest BCUT2D eigenvalue weighted by Crippen LogP contribution is 2.23. The normalized spacial score (nSPS) is 21.2. The molecule has 7 heteroatoms. The molecule has 1 aromatic rings. The average Bonchev–Trinajstić information content (AvgIpc) is 3.00. The first-order valence-corrected chi connectivity index (χ1v) is 8.07. The second-order valence-corrected chi connectivity index (χ2v) is 6.02. The molecule has 2 saturated heterocycles. The molecule has 0 radical (unpaired) electrons. The van der Waals surface area contributed by atoms with Crippen LogP contribution in [0.3, 0.4) is 0 Å². The molecule has 1 atom stereocenters. The molecule has 128 valence electrons. The zero-order chi connectivity index (χ0) is 17.1. The van der Waals surface area contributed by atoms with E-state index in [0.717, 1.165) is 12.1 Å². The molecule has 0 spiro atoms. The molecule has 2 heterocycles. The van der Waals surface area contributed by atoms with Crippen LogP contribution >= 0.6 is 0 Å². The molecule has 0 saturated carbocycles. The predicted molar refractivity (Wildman–Crippen MR) is 85.9 cm³/mol. The standard InChI is InChI=1S/C17H20N2O5/c20-15-2-1-7-18(15)13-5-3-12(4-6-13)17(23)19-8-9-24-11-14(19)10-16(21)22/h3-6,14H,1-2,7-11H2,(H,21,22)/t14-/m1/s1. The SMILES string of the molecule is O=C(O)C[C@@H]1COCCN1C(=O)c1ccc(N2CCCC2=O)cc1. The molecular formula is C17H20N2O5. The Kier molecular flexibility index (Phi) is 4.80. The van der Waals surface area contributed by atoms with Crippen LogP contribution in [0.5, 0.6) is 0 Å². The van der Waals surface area contributed by atoms with E-state index in [-0.39, 0.29) is 24.8 Å². The molecule has 0 bridgehead atoms. The number of morpholine rings is 1. The van der Waals surface area contributed by atoms with E-state index in [2.05, 4.69) is 0 Å². The van der Waals surface area contributed by atoms with Gasteiger partial charge in [0.05, 0.1) is 25.7 Å². The summed E-state index contributed by atoms with van der Waals surface area (Å²) in [6, 6.07) is 6.46. The number of benzene rings is 1. The molecule has 7 nitrogen and oxygen atoms in total. The second kappa shape index (κ2) is 7.00. The van der Waals surface area contributed by atoms with Crippen LogP contribution in [-0.4, -0.2) is 60.1 Å². The lowest BCUT2D eigenvalue weighted by Gasteiger charge is -2.35. The monoisotopic (exact) mass is 332 g/mol. The Balaban J connectivity index is 1.73. The number of anilines is 1. The van der Waals surface area contributed by atoms with Crippen LogP contribution in [0.4, 0.5) is 5.69 Å². The second-order valence-electron chi connectivity index (χ2n) is 6.02. The Morgan fingerprint density at radius 2 is 1.96 bits per heavy atom. The molecule has 2 amide bonds. The first-order chi connectivity index (χ1) is 11.6. The maximum Gasteiger partial charge on any atom is 0.305 e. The van der Waals surface area contributed by atoms with Gasteiger partial charge in [0.2, 0.25) is 5.91 Å². The number of aliphatic carboxylic acids is 1. The molecule has 2 aliphatic rings. The summed E-state index contributed by atoms with van der Waals surface area (Å²) in [4.78, 5) is 38.7. The number of nitrogens with zero attached hydrogens (tertiary/aromatic N) is 2. The minimum Gasteiger partial charge on any atom is -0.481 e. The van der Waals surface area contributed by atoms with Gasteiger partial charge in [-0.15, -0.1) is 0 Å². The van der Waals surface area contributed by atoms with Crippen molar-refractivity contribution in [2.45, 2.75) is 25.3 Å². The Bertz CT molecular complexity index is 643. The lowest BCUT2D eigenvalue weighted by Crippen LogP contribution is -2.49. The fourth-order valence-electron chi connectivity index (χ4n) is 3.16. The average molecular weight is 332 g/mol. The minimum absolute atomic E-state index is 0.101. The van der Waals surface area contributed by atoms with Crippen molar-refractivity contribution >= 4 is 23.5 Å². The van der Waals surface area contributed by atoms with Crippen LogP contribution in [0.2, 0.25) is 0 Å². The smallest absolute Gasteiger partial charge is 0.305 e. The zero-order valence-corrected chi connectivity index (χ0v) is 13.3. The van der Waals surface area contributed by atoms with Gasteiger partial charge in [0.15, 0.2) is 0 Å². The number of hydrogen-bond acceptors (Lipinski definition) is 4. The number of carboxylic acids is 1. The molecule has 1 aromatic carbocycles. The van der Waals surface area contributed by atoms with E-state index < -0.39 is 12.0 Å². The van der Waals surface area contributed by atoms with Crippen LogP contribution in [0.15, 0.2) is 24.3 Å². The molecule has 1 N–H and O–H groups in total. The molecule has 0 unspecified atom stereocenters. The van der Waals surface area contributed by atoms with Gasteiger partial charge in [-0.2, -0.15) is 0 Å². The van der Waals surface area contributed by atoms with Crippen LogP contribution in [0, 0.1) is 0 Å². The number of carboxylic acid groups (broad SMARTS) is 1. The van der Waals surface area contributed by atoms with E-state index in [0.29, 0.717) is 31.7 Å². The van der Waals surface area contributed by atoms with Gasteiger partial charge in [-0.1, -0.05) is 0 Å². The van der Waals surface area contributed by atoms with Gasteiger partial charge in [-0.25, -0.2) is 0 Å². The van der Waals surface area contributed by atoms with Gasteiger partial charge >= 0.3 is 5.97 Å². The number of hydrogen-bond donors (Lipinski definition) is 1. The van der Waals surface area contributed by atoms with Gasteiger partial charge in [0.1, 0.15) is 0 Å². The van der Waals surface area contributed by atoms with Crippen LogP contribution in [0.1, 0.15) is 29.6 Å². The van der Waals surface area contributed by atoms with Crippen molar-refractivity contribution in [1.29, 1.82) is 0 Å². The van der Waals surface area contributed by atoms with Gasteiger partial charge in [0.25, 0.3) is 5.91 Å². The van der Waals surface area contributed by atoms with E-state index in [9.17, 15) is 14.4 Å². The van der Waals surface area contributed by atoms with Crippen LogP contribution in [0.25, 0.3) is 0 Å². The van der Waals surface area contributed by atoms with Crippen molar-refractivity contribution in [2.24, 2.45) is 0 Å². The fourth-order valence-corrected chi connectivity index (χ4v) is 3.16. The molecule has 24 heavy (non-hydrogen) atoms. The topological polar surface area (TPSA) is 87.2 Å². The Morgan fingerprint density at radius 3 is 2.58 bits per heavy atom. The Morgan fingerprint density at radius 1 is 1.21 bits per heavy atom. The Hall–Kier alpha value is -2.41. The van der Waals surface area contributed by atoms with Crippen molar-refractivity contribution in [1.82, 2.24) is 4.90 Å². The third-order valence-corrected chi connectivity index (χ3v) is 4.40. The van der Waals surface area contributed by atoms with Gasteiger partial charge in [-0.3, -0.25) is 14.4 Å². The fraction of sp³-hybridized carbons (Fsp3) is 0.471. The van der Waals surface area contributed by atoms with Crippen LogP contribution < -0.4 is 4.90 Å². The highest BCUT2D eigenvalue weighted by molar-refractivity contribution is 5.97. The number of amides is 2. The molecule has 0 aliphatic carbocycles. The van der Waals surface area contributed by atoms with Gasteiger partial charge in [0, 0.05) is 30.8 Å². The van der Waals surface area contributed by atoms with E-state index in [4.69, 9.17) is 9.84 Å². The third-order valence-electron chi connectivity index (χ3n) is 4.40. The van der Waals surface area contributed by atoms with Crippen molar-refractivity contribution in [2.75, 3.05) is 31.2 Å². The highest BCUT2D eigenvalue weighted by atomic mass is 16.5. The van der Waals surface area contributed by atoms with Crippen LogP contribution in [-0.2, 0) is 14.3 Å². The lowest BCUT2D eigenvalue weighted by atomic mass is 10.1. The number of rotatable bonds is 4. The molecule has 0 aromatic heterocycles. The van der Waals surface area contributed by atoms with Gasteiger partial charge < -0.3 is 19.6 Å². The first kappa shape index (κ1) is 16.4. The number of carbonyl (C=O) groups is 3. The molecule has 2 aliphatic heterocycles. The lowest BCUT2D eigenvalue weighted by molar-refractivity contribution is -0.139. The minimum atomic E-state index is -0.953. The molecular weight excluding hydrogens is 312 g/mol. The summed E-state index contributed by atoms with van der Waals surface area (Å²) >= 11 is 0. The van der Waals surface area contributed by atoms with Crippen molar-refractivity contribution in [3.63, 3.8) is 0 Å². The van der Waals surface area contributed by atoms with E-state index in [1.165, 1.54) is 0 Å². The summed E-state index contributed by atoms with van der Waals surface area (Å²) in [6.07, 6.45) is 1.28. The zero-order valence-electron chi connectivity index (χ0n) is 13.3. The maximum atomic E-state index is 12.7. The first-order valence-electron chi connectivity index (χ1n) is 8.07. The number of carbonyl (C=O) groups excluding carboxylic acids is 2. The van der Waals surface area contributed by atoms with E-state index in [1.54, 1.807) is 34.1 Å². The maximum absolute atomic E-state index is 12.7. The molecule has 2 fully saturated rings. The highest BCUT2D eigenvalue weighted by Gasteiger charge is 2.30. The van der Waals surface area contributed by atoms with E-state index >= 15 is 0 Å². The quantitative estimate of drug-likeness (QED) is 0.893. The number of ether oxygens (including phenoxy) is 1. The largest absolute Gasteiger partial charge is 0.481 e. The summed E-state index contributed by atoms with van der Waals surface area (Å²) in [6.45, 7) is 1.72. The van der Waals surface area contributed by atoms with E-state index in [1.807, 2.05) is 0 Å². The van der Waals surface area contributed by atoms with Crippen molar-refractivity contribution in [3.8, 4) is 0 Å². The third kappa shape index (κ3) is 3.41. The summed E-state index contributed by atoms with van der Waals surface area (Å²) in [5.41, 5.74) is 1.28. The summed E-state index contributed by atoms with van der Waals surface area (Å²) < 4.78 is 5.30. The van der Waals surface area contributed by atoms with Crippen molar-refractivity contribution in [3.05, 3.63) is 29.8 Å². The molecule has 3 rings (SSSR count).